The van der Waals surface area contributed by atoms with Crippen LogP contribution in [0.1, 0.15) is 64.2 Å². The van der Waals surface area contributed by atoms with Crippen molar-refractivity contribution >= 4 is 0 Å². The van der Waals surface area contributed by atoms with Crippen LogP contribution in [0.15, 0.2) is 54.6 Å². The molecule has 1 saturated heterocycles. The number of rotatable bonds is 2. The maximum absolute atomic E-state index is 13.3. The van der Waals surface area contributed by atoms with Gasteiger partial charge in [0.25, 0.3) is 0 Å². The molecule has 2 atom stereocenters. The van der Waals surface area contributed by atoms with Gasteiger partial charge in [0, 0.05) is 0 Å². The molecule has 1 fully saturated rings. The second-order valence-electron chi connectivity index (χ2n) is 8.54. The molecule has 24 heavy (non-hydrogen) atoms. The normalized spacial score (nSPS) is 28.2. The van der Waals surface area contributed by atoms with Gasteiger partial charge >= 0.3 is 0 Å². The van der Waals surface area contributed by atoms with Crippen molar-refractivity contribution in [1.82, 2.24) is 5.06 Å². The van der Waals surface area contributed by atoms with E-state index in [2.05, 4.69) is 71.0 Å². The lowest BCUT2D eigenvalue weighted by atomic mass is 9.84. The minimum atomic E-state index is -0.471. The molecular weight excluding hydrogens is 294 g/mol. The summed E-state index contributed by atoms with van der Waals surface area (Å²) in [6.07, 6.45) is 1.74. The van der Waals surface area contributed by atoms with E-state index in [1.807, 2.05) is 18.2 Å². The zero-order valence-electron chi connectivity index (χ0n) is 15.5. The first-order chi connectivity index (χ1) is 11.2. The summed E-state index contributed by atoms with van der Waals surface area (Å²) in [6, 6.07) is 18.8. The summed E-state index contributed by atoms with van der Waals surface area (Å²) < 4.78 is 0. The van der Waals surface area contributed by atoms with Crippen molar-refractivity contribution in [3.05, 3.63) is 71.3 Å². The highest BCUT2D eigenvalue weighted by atomic mass is 16.5. The third kappa shape index (κ3) is 2.68. The van der Waals surface area contributed by atoms with E-state index in [4.69, 9.17) is 0 Å². The van der Waals surface area contributed by atoms with Crippen LogP contribution >= 0.6 is 0 Å². The van der Waals surface area contributed by atoms with Crippen molar-refractivity contribution in [2.75, 3.05) is 0 Å². The molecule has 3 rings (SSSR count). The molecular formula is C22H28NO. The molecule has 0 amide bonds. The fourth-order valence-electron chi connectivity index (χ4n) is 3.88. The van der Waals surface area contributed by atoms with Gasteiger partial charge in [0.15, 0.2) is 0 Å². The SMILES string of the molecule is CC(C)(C)c1ccc([C@]2(C)CC[C@@](C)(c3ccccc3)N2[O])cc1. The zero-order chi connectivity index (χ0) is 17.6. The van der Waals surface area contributed by atoms with Gasteiger partial charge in [-0.2, -0.15) is 0 Å². The highest BCUT2D eigenvalue weighted by molar-refractivity contribution is 5.34. The fourth-order valence-corrected chi connectivity index (χ4v) is 3.88. The Kier molecular flexibility index (Phi) is 4.09. The standard InChI is InChI=1S/C22H28NO/c1-20(2,3)17-11-13-19(14-12-17)22(5)16-15-21(4,23(22)24)18-9-7-6-8-10-18/h6-14H,15-16H2,1-5H3/t21-,22-/m0/s1. The van der Waals surface area contributed by atoms with Crippen LogP contribution in [0.25, 0.3) is 0 Å². The van der Waals surface area contributed by atoms with Crippen molar-refractivity contribution in [3.8, 4) is 0 Å². The predicted octanol–water partition coefficient (Wildman–Crippen LogP) is 5.56. The Balaban J connectivity index is 1.94. The van der Waals surface area contributed by atoms with Gasteiger partial charge in [-0.25, -0.2) is 0 Å². The molecule has 0 spiro atoms. The summed E-state index contributed by atoms with van der Waals surface area (Å²) in [5.74, 6) is 0. The summed E-state index contributed by atoms with van der Waals surface area (Å²) in [5, 5.41) is 14.7. The van der Waals surface area contributed by atoms with Gasteiger partial charge in [0.05, 0.1) is 11.1 Å². The molecule has 0 bridgehead atoms. The molecule has 2 aromatic rings. The number of hydroxylamine groups is 2. The topological polar surface area (TPSA) is 23.1 Å². The van der Waals surface area contributed by atoms with E-state index in [0.29, 0.717) is 0 Å². The van der Waals surface area contributed by atoms with E-state index < -0.39 is 11.1 Å². The summed E-state index contributed by atoms with van der Waals surface area (Å²) in [4.78, 5) is 0. The molecule has 2 aromatic carbocycles. The lowest BCUT2D eigenvalue weighted by Crippen LogP contribution is -2.44. The van der Waals surface area contributed by atoms with Gasteiger partial charge < -0.3 is 0 Å². The van der Waals surface area contributed by atoms with Crippen LogP contribution < -0.4 is 0 Å². The van der Waals surface area contributed by atoms with E-state index in [1.165, 1.54) is 10.6 Å². The number of hydrogen-bond donors (Lipinski definition) is 0. The van der Waals surface area contributed by atoms with Crippen LogP contribution in [0.4, 0.5) is 0 Å². The lowest BCUT2D eigenvalue weighted by molar-refractivity contribution is -0.260. The molecule has 2 heteroatoms. The van der Waals surface area contributed by atoms with Crippen LogP contribution in [0.2, 0.25) is 0 Å². The van der Waals surface area contributed by atoms with Gasteiger partial charge in [-0.1, -0.05) is 75.4 Å². The second-order valence-corrected chi connectivity index (χ2v) is 8.54. The Morgan fingerprint density at radius 1 is 0.792 bits per heavy atom. The van der Waals surface area contributed by atoms with E-state index in [1.54, 1.807) is 0 Å². The number of benzene rings is 2. The van der Waals surface area contributed by atoms with Gasteiger partial charge in [-0.05, 0) is 48.8 Å². The van der Waals surface area contributed by atoms with Gasteiger partial charge in [-0.3, -0.25) is 0 Å². The fraction of sp³-hybridized carbons (Fsp3) is 0.455. The van der Waals surface area contributed by atoms with Gasteiger partial charge in [0.2, 0.25) is 0 Å². The smallest absolute Gasteiger partial charge is 0.0724 e. The molecule has 1 heterocycles. The summed E-state index contributed by atoms with van der Waals surface area (Å²) >= 11 is 0. The molecule has 0 aliphatic carbocycles. The number of nitrogens with zero attached hydrogens (tertiary/aromatic N) is 1. The molecule has 0 saturated carbocycles. The first kappa shape index (κ1) is 17.2. The quantitative estimate of drug-likeness (QED) is 0.710. The largest absolute Gasteiger partial charge is 0.135 e. The van der Waals surface area contributed by atoms with Gasteiger partial charge in [-0.15, -0.1) is 10.3 Å². The Labute approximate surface area is 146 Å². The van der Waals surface area contributed by atoms with Crippen LogP contribution in [0, 0.1) is 0 Å². The summed E-state index contributed by atoms with van der Waals surface area (Å²) in [7, 11) is 0. The summed E-state index contributed by atoms with van der Waals surface area (Å²) in [6.45, 7) is 10.8. The minimum Gasteiger partial charge on any atom is -0.135 e. The molecule has 2 nitrogen and oxygen atoms in total. The monoisotopic (exact) mass is 322 g/mol. The molecule has 0 unspecified atom stereocenters. The van der Waals surface area contributed by atoms with Crippen LogP contribution in [-0.4, -0.2) is 5.06 Å². The zero-order valence-corrected chi connectivity index (χ0v) is 15.5. The third-order valence-electron chi connectivity index (χ3n) is 5.76. The van der Waals surface area contributed by atoms with Crippen LogP contribution in [0.3, 0.4) is 0 Å². The van der Waals surface area contributed by atoms with Crippen molar-refractivity contribution in [1.29, 1.82) is 0 Å². The van der Waals surface area contributed by atoms with Crippen LogP contribution in [-0.2, 0) is 21.7 Å². The maximum atomic E-state index is 13.3. The average Bonchev–Trinajstić information content (AvgIpc) is 2.82. The third-order valence-corrected chi connectivity index (χ3v) is 5.76. The van der Waals surface area contributed by atoms with Crippen LogP contribution in [0.5, 0.6) is 0 Å². The Morgan fingerprint density at radius 3 is 1.71 bits per heavy atom. The summed E-state index contributed by atoms with van der Waals surface area (Å²) in [5.41, 5.74) is 2.72. The first-order valence-corrected chi connectivity index (χ1v) is 8.82. The second kappa shape index (κ2) is 5.72. The minimum absolute atomic E-state index is 0.130. The van der Waals surface area contributed by atoms with E-state index >= 15 is 0 Å². The number of hydrogen-bond acceptors (Lipinski definition) is 1. The Morgan fingerprint density at radius 2 is 1.25 bits per heavy atom. The molecule has 1 radical (unpaired) electrons. The Hall–Kier alpha value is -1.64. The molecule has 127 valence electrons. The van der Waals surface area contributed by atoms with Crippen molar-refractivity contribution in [2.45, 2.75) is 64.0 Å². The highest BCUT2D eigenvalue weighted by Crippen LogP contribution is 2.50. The van der Waals surface area contributed by atoms with Crippen molar-refractivity contribution < 1.29 is 5.21 Å². The molecule has 0 N–H and O–H groups in total. The van der Waals surface area contributed by atoms with Crippen molar-refractivity contribution in [3.63, 3.8) is 0 Å². The Bertz CT molecular complexity index is 701. The highest BCUT2D eigenvalue weighted by Gasteiger charge is 2.52. The maximum Gasteiger partial charge on any atom is 0.0724 e. The van der Waals surface area contributed by atoms with E-state index in [0.717, 1.165) is 24.0 Å². The average molecular weight is 322 g/mol. The first-order valence-electron chi connectivity index (χ1n) is 8.82. The van der Waals surface area contributed by atoms with Crippen molar-refractivity contribution in [2.24, 2.45) is 0 Å². The van der Waals surface area contributed by atoms with E-state index in [-0.39, 0.29) is 5.41 Å². The predicted molar refractivity (Wildman–Crippen MR) is 98.0 cm³/mol. The molecule has 1 aliphatic rings. The molecule has 1 aliphatic heterocycles. The van der Waals surface area contributed by atoms with Gasteiger partial charge in [0.1, 0.15) is 0 Å². The molecule has 0 aromatic heterocycles. The van der Waals surface area contributed by atoms with E-state index in [9.17, 15) is 5.21 Å². The lowest BCUT2D eigenvalue weighted by Gasteiger charge is -2.37.